The SMILES string of the molecule is Cc1cc(C(=O)CSc2nccc(C(F)(F)F)n2)c(C)n1-c1ccccc1. The van der Waals surface area contributed by atoms with Crippen LogP contribution in [0.4, 0.5) is 13.2 Å². The number of para-hydroxylation sites is 1. The highest BCUT2D eigenvalue weighted by Crippen LogP contribution is 2.29. The highest BCUT2D eigenvalue weighted by Gasteiger charge is 2.32. The summed E-state index contributed by atoms with van der Waals surface area (Å²) in [6.07, 6.45) is -3.49. The van der Waals surface area contributed by atoms with Crippen molar-refractivity contribution in [1.29, 1.82) is 0 Å². The maximum absolute atomic E-state index is 12.7. The number of hydrogen-bond acceptors (Lipinski definition) is 4. The highest BCUT2D eigenvalue weighted by molar-refractivity contribution is 7.99. The summed E-state index contributed by atoms with van der Waals surface area (Å²) >= 11 is 0.892. The van der Waals surface area contributed by atoms with E-state index in [9.17, 15) is 18.0 Å². The van der Waals surface area contributed by atoms with Crippen molar-refractivity contribution >= 4 is 17.5 Å². The zero-order chi connectivity index (χ0) is 19.6. The molecule has 0 aliphatic rings. The van der Waals surface area contributed by atoms with Gasteiger partial charge in [-0.1, -0.05) is 30.0 Å². The molecule has 0 radical (unpaired) electrons. The normalized spacial score (nSPS) is 11.6. The van der Waals surface area contributed by atoms with E-state index in [1.54, 1.807) is 6.07 Å². The number of carbonyl (C=O) groups is 1. The summed E-state index contributed by atoms with van der Waals surface area (Å²) in [6, 6.07) is 12.2. The van der Waals surface area contributed by atoms with Crippen LogP contribution in [0.15, 0.2) is 53.8 Å². The Kier molecular flexibility index (Phi) is 5.36. The Morgan fingerprint density at radius 1 is 1.15 bits per heavy atom. The Morgan fingerprint density at radius 3 is 2.52 bits per heavy atom. The molecule has 0 saturated carbocycles. The van der Waals surface area contributed by atoms with Gasteiger partial charge in [-0.15, -0.1) is 0 Å². The largest absolute Gasteiger partial charge is 0.433 e. The third-order valence-electron chi connectivity index (χ3n) is 4.00. The summed E-state index contributed by atoms with van der Waals surface area (Å²) in [5, 5.41) is -0.0740. The average Bonchev–Trinajstić information content (AvgIpc) is 2.94. The third kappa shape index (κ3) is 4.21. The van der Waals surface area contributed by atoms with Crippen LogP contribution in [-0.2, 0) is 6.18 Å². The van der Waals surface area contributed by atoms with Gasteiger partial charge >= 0.3 is 6.18 Å². The molecule has 0 saturated heterocycles. The number of ketones is 1. The smallest absolute Gasteiger partial charge is 0.318 e. The lowest BCUT2D eigenvalue weighted by atomic mass is 10.2. The number of aromatic nitrogens is 3. The van der Waals surface area contributed by atoms with Gasteiger partial charge in [-0.05, 0) is 38.1 Å². The van der Waals surface area contributed by atoms with Crippen LogP contribution in [0, 0.1) is 13.8 Å². The van der Waals surface area contributed by atoms with Crippen molar-refractivity contribution in [2.75, 3.05) is 5.75 Å². The van der Waals surface area contributed by atoms with E-state index in [0.717, 1.165) is 41.1 Å². The van der Waals surface area contributed by atoms with Crippen LogP contribution in [0.3, 0.4) is 0 Å². The van der Waals surface area contributed by atoms with Crippen molar-refractivity contribution in [3.63, 3.8) is 0 Å². The molecular weight excluding hydrogens is 375 g/mol. The lowest BCUT2D eigenvalue weighted by Crippen LogP contribution is -2.10. The van der Waals surface area contributed by atoms with Gasteiger partial charge in [-0.2, -0.15) is 13.2 Å². The Morgan fingerprint density at radius 2 is 1.85 bits per heavy atom. The molecule has 0 amide bonds. The van der Waals surface area contributed by atoms with Crippen molar-refractivity contribution in [2.24, 2.45) is 0 Å². The Balaban J connectivity index is 1.78. The molecule has 0 atom stereocenters. The van der Waals surface area contributed by atoms with Gasteiger partial charge in [0.15, 0.2) is 10.9 Å². The van der Waals surface area contributed by atoms with Gasteiger partial charge in [0.1, 0.15) is 5.69 Å². The van der Waals surface area contributed by atoms with E-state index in [0.29, 0.717) is 5.56 Å². The molecule has 3 rings (SSSR count). The first-order valence-electron chi connectivity index (χ1n) is 8.08. The van der Waals surface area contributed by atoms with E-state index < -0.39 is 11.9 Å². The summed E-state index contributed by atoms with van der Waals surface area (Å²) in [5.74, 6) is -0.225. The molecule has 2 aromatic heterocycles. The lowest BCUT2D eigenvalue weighted by Gasteiger charge is -2.09. The van der Waals surface area contributed by atoms with E-state index in [-0.39, 0.29) is 16.7 Å². The van der Waals surface area contributed by atoms with Gasteiger partial charge in [0.05, 0.1) is 5.75 Å². The number of rotatable bonds is 5. The molecule has 3 aromatic rings. The van der Waals surface area contributed by atoms with Gasteiger partial charge in [0, 0.05) is 28.8 Å². The minimum atomic E-state index is -4.54. The molecule has 0 spiro atoms. The van der Waals surface area contributed by atoms with Crippen molar-refractivity contribution < 1.29 is 18.0 Å². The zero-order valence-electron chi connectivity index (χ0n) is 14.6. The molecule has 0 unspecified atom stereocenters. The predicted octanol–water partition coefficient (Wildman–Crippen LogP) is 4.88. The molecule has 8 heteroatoms. The maximum atomic E-state index is 12.7. The van der Waals surface area contributed by atoms with E-state index >= 15 is 0 Å². The molecule has 27 heavy (non-hydrogen) atoms. The van der Waals surface area contributed by atoms with Gasteiger partial charge in [-0.3, -0.25) is 4.79 Å². The predicted molar refractivity (Wildman–Crippen MR) is 97.3 cm³/mol. The molecule has 0 aliphatic heterocycles. The molecule has 0 bridgehead atoms. The molecule has 1 aromatic carbocycles. The number of hydrogen-bond donors (Lipinski definition) is 0. The number of alkyl halides is 3. The number of Topliss-reactive ketones (excluding diaryl/α,β-unsaturated/α-hetero) is 1. The standard InChI is InChI=1S/C19H16F3N3OS/c1-12-10-15(13(2)25(12)14-6-4-3-5-7-14)16(26)11-27-18-23-9-8-17(24-18)19(20,21)22/h3-10H,11H2,1-2H3. The summed E-state index contributed by atoms with van der Waals surface area (Å²) in [7, 11) is 0. The Hall–Kier alpha value is -2.61. The van der Waals surface area contributed by atoms with Crippen LogP contribution in [0.25, 0.3) is 5.69 Å². The summed E-state index contributed by atoms with van der Waals surface area (Å²) in [5.41, 5.74) is 2.16. The van der Waals surface area contributed by atoms with Crippen LogP contribution in [0.2, 0.25) is 0 Å². The fraction of sp³-hybridized carbons (Fsp3) is 0.211. The second kappa shape index (κ2) is 7.56. The van der Waals surface area contributed by atoms with Crippen LogP contribution in [0.5, 0.6) is 0 Å². The van der Waals surface area contributed by atoms with E-state index in [4.69, 9.17) is 0 Å². The summed E-state index contributed by atoms with van der Waals surface area (Å²) in [6.45, 7) is 3.75. The first-order chi connectivity index (χ1) is 12.8. The summed E-state index contributed by atoms with van der Waals surface area (Å²) in [4.78, 5) is 19.9. The molecule has 2 heterocycles. The maximum Gasteiger partial charge on any atom is 0.433 e. The minimum Gasteiger partial charge on any atom is -0.318 e. The quantitative estimate of drug-likeness (QED) is 0.353. The number of thioether (sulfide) groups is 1. The van der Waals surface area contributed by atoms with Crippen molar-refractivity contribution in [1.82, 2.24) is 14.5 Å². The monoisotopic (exact) mass is 391 g/mol. The van der Waals surface area contributed by atoms with Crippen LogP contribution < -0.4 is 0 Å². The second-order valence-electron chi connectivity index (χ2n) is 5.89. The summed E-state index contributed by atoms with van der Waals surface area (Å²) < 4.78 is 40.1. The molecule has 0 aliphatic carbocycles. The van der Waals surface area contributed by atoms with Crippen LogP contribution in [0.1, 0.15) is 27.4 Å². The molecule has 4 nitrogen and oxygen atoms in total. The number of nitrogens with zero attached hydrogens (tertiary/aromatic N) is 3. The first-order valence-corrected chi connectivity index (χ1v) is 9.06. The number of carbonyl (C=O) groups excluding carboxylic acids is 1. The second-order valence-corrected chi connectivity index (χ2v) is 6.83. The van der Waals surface area contributed by atoms with E-state index in [1.807, 2.05) is 48.7 Å². The van der Waals surface area contributed by atoms with Crippen molar-refractivity contribution in [3.8, 4) is 5.69 Å². The van der Waals surface area contributed by atoms with Gasteiger partial charge < -0.3 is 4.57 Å². The fourth-order valence-electron chi connectivity index (χ4n) is 2.80. The average molecular weight is 391 g/mol. The van der Waals surface area contributed by atoms with Crippen LogP contribution in [-0.4, -0.2) is 26.1 Å². The lowest BCUT2D eigenvalue weighted by molar-refractivity contribution is -0.141. The van der Waals surface area contributed by atoms with Gasteiger partial charge in [0.2, 0.25) is 0 Å². The molecule has 140 valence electrons. The van der Waals surface area contributed by atoms with Crippen molar-refractivity contribution in [2.45, 2.75) is 25.2 Å². The molecule has 0 N–H and O–H groups in total. The fourth-order valence-corrected chi connectivity index (χ4v) is 3.51. The van der Waals surface area contributed by atoms with Gasteiger partial charge in [0.25, 0.3) is 0 Å². The third-order valence-corrected chi connectivity index (χ3v) is 4.86. The van der Waals surface area contributed by atoms with Gasteiger partial charge in [-0.25, -0.2) is 9.97 Å². The Labute approximate surface area is 158 Å². The van der Waals surface area contributed by atoms with E-state index in [1.165, 1.54) is 0 Å². The van der Waals surface area contributed by atoms with E-state index in [2.05, 4.69) is 9.97 Å². The minimum absolute atomic E-state index is 0.0413. The topological polar surface area (TPSA) is 47.8 Å². The zero-order valence-corrected chi connectivity index (χ0v) is 15.4. The number of halogens is 3. The Bertz CT molecular complexity index is 968. The number of benzene rings is 1. The van der Waals surface area contributed by atoms with Crippen molar-refractivity contribution in [3.05, 3.63) is 71.3 Å². The molecule has 0 fully saturated rings. The van der Waals surface area contributed by atoms with Crippen LogP contribution >= 0.6 is 11.8 Å². The number of aryl methyl sites for hydroxylation is 1. The highest BCUT2D eigenvalue weighted by atomic mass is 32.2. The molecular formula is C19H16F3N3OS. The first kappa shape index (κ1) is 19.2.